The van der Waals surface area contributed by atoms with Crippen LogP contribution in [-0.4, -0.2) is 11.7 Å². The number of fused-ring (bicyclic) bond motifs is 4. The van der Waals surface area contributed by atoms with Gasteiger partial charge in [-0.1, -0.05) is 114 Å². The first-order chi connectivity index (χ1) is 19.4. The molecule has 0 fully saturated rings. The van der Waals surface area contributed by atoms with E-state index in [-0.39, 0.29) is 6.71 Å². The van der Waals surface area contributed by atoms with Gasteiger partial charge in [0.05, 0.1) is 11.4 Å². The fraction of sp³-hybridized carbons (Fsp3) is 0. The first-order valence-corrected chi connectivity index (χ1v) is 14.1. The maximum absolute atomic E-state index is 5.13. The van der Waals surface area contributed by atoms with Gasteiger partial charge >= 0.3 is 0 Å². The van der Waals surface area contributed by atoms with Gasteiger partial charge in [-0.3, -0.25) is 0 Å². The van der Waals surface area contributed by atoms with E-state index in [1.54, 1.807) is 0 Å². The monoisotopic (exact) mass is 514 g/mol. The lowest BCUT2D eigenvalue weighted by Crippen LogP contribution is -2.59. The van der Waals surface area contributed by atoms with Crippen molar-refractivity contribution in [1.29, 1.82) is 0 Å². The lowest BCUT2D eigenvalue weighted by atomic mass is 9.35. The highest BCUT2D eigenvalue weighted by Gasteiger charge is 2.41. The van der Waals surface area contributed by atoms with Crippen molar-refractivity contribution in [2.24, 2.45) is 0 Å². The number of rotatable bonds is 3. The van der Waals surface area contributed by atoms with Crippen LogP contribution in [0, 0.1) is 0 Å². The van der Waals surface area contributed by atoms with Crippen molar-refractivity contribution in [2.75, 3.05) is 4.90 Å². The number of hydrogen-bond donors (Lipinski definition) is 0. The SMILES string of the molecule is c1ccc(-c2cccc(-c3cccc4c3Sc3cccc5c3B4c3ccccc3N5c3ccccc3)n2)cc1. The summed E-state index contributed by atoms with van der Waals surface area (Å²) in [7, 11) is 0. The average Bonchev–Trinajstić information content (AvgIpc) is 3.01. The number of benzene rings is 5. The number of hydrogen-bond acceptors (Lipinski definition) is 3. The molecule has 1 aromatic heterocycles. The average molecular weight is 514 g/mol. The fourth-order valence-corrected chi connectivity index (χ4v) is 7.35. The Morgan fingerprint density at radius 3 is 2.08 bits per heavy atom. The topological polar surface area (TPSA) is 16.1 Å². The number of aromatic nitrogens is 1. The van der Waals surface area contributed by atoms with Gasteiger partial charge < -0.3 is 4.90 Å². The third-order valence-corrected chi connectivity index (χ3v) is 8.97. The van der Waals surface area contributed by atoms with E-state index in [2.05, 4.69) is 138 Å². The molecule has 0 N–H and O–H groups in total. The van der Waals surface area contributed by atoms with Gasteiger partial charge in [0.1, 0.15) is 0 Å². The van der Waals surface area contributed by atoms with E-state index in [0.29, 0.717) is 0 Å². The smallest absolute Gasteiger partial charge is 0.249 e. The van der Waals surface area contributed by atoms with Crippen LogP contribution in [-0.2, 0) is 0 Å². The zero-order chi connectivity index (χ0) is 25.8. The zero-order valence-corrected chi connectivity index (χ0v) is 22.0. The highest BCUT2D eigenvalue weighted by Crippen LogP contribution is 2.43. The Labute approximate surface area is 233 Å². The Morgan fingerprint density at radius 2 is 1.21 bits per heavy atom. The van der Waals surface area contributed by atoms with Crippen LogP contribution in [0.3, 0.4) is 0 Å². The molecule has 5 aromatic carbocycles. The first kappa shape index (κ1) is 22.4. The molecule has 0 aliphatic carbocycles. The van der Waals surface area contributed by atoms with Gasteiger partial charge in [0.2, 0.25) is 6.71 Å². The third-order valence-electron chi connectivity index (χ3n) is 7.74. The van der Waals surface area contributed by atoms with Crippen LogP contribution < -0.4 is 21.3 Å². The van der Waals surface area contributed by atoms with Gasteiger partial charge in [0.25, 0.3) is 0 Å². The van der Waals surface area contributed by atoms with Gasteiger partial charge in [0, 0.05) is 38.0 Å². The van der Waals surface area contributed by atoms with Gasteiger partial charge in [0.15, 0.2) is 0 Å². The zero-order valence-electron chi connectivity index (χ0n) is 21.2. The minimum absolute atomic E-state index is 0.167. The molecule has 39 heavy (non-hydrogen) atoms. The summed E-state index contributed by atoms with van der Waals surface area (Å²) in [5.41, 5.74) is 12.1. The number of para-hydroxylation sites is 2. The molecular weight excluding hydrogens is 491 g/mol. The van der Waals surface area contributed by atoms with Crippen molar-refractivity contribution in [3.63, 3.8) is 0 Å². The van der Waals surface area contributed by atoms with Crippen molar-refractivity contribution in [2.45, 2.75) is 9.79 Å². The predicted octanol–water partition coefficient (Wildman–Crippen LogP) is 7.18. The summed E-state index contributed by atoms with van der Waals surface area (Å²) in [6, 6.07) is 49.9. The molecule has 2 aliphatic rings. The van der Waals surface area contributed by atoms with Crippen LogP contribution in [0.4, 0.5) is 17.1 Å². The Kier molecular flexibility index (Phi) is 5.20. The summed E-state index contributed by atoms with van der Waals surface area (Å²) in [6.45, 7) is 0.167. The number of nitrogens with zero attached hydrogens (tertiary/aromatic N) is 2. The van der Waals surface area contributed by atoms with Crippen molar-refractivity contribution >= 4 is 51.9 Å². The van der Waals surface area contributed by atoms with Crippen LogP contribution in [0.2, 0.25) is 0 Å². The highest BCUT2D eigenvalue weighted by atomic mass is 32.2. The number of anilines is 3. The maximum Gasteiger partial charge on any atom is 0.249 e. The normalized spacial score (nSPS) is 12.9. The van der Waals surface area contributed by atoms with E-state index >= 15 is 0 Å². The minimum Gasteiger partial charge on any atom is -0.311 e. The second kappa shape index (κ2) is 9.04. The summed E-state index contributed by atoms with van der Waals surface area (Å²) in [5.74, 6) is 0. The molecule has 0 spiro atoms. The molecule has 2 nitrogen and oxygen atoms in total. The van der Waals surface area contributed by atoms with Crippen LogP contribution >= 0.6 is 11.8 Å². The molecule has 2 aliphatic heterocycles. The molecule has 0 unspecified atom stereocenters. The van der Waals surface area contributed by atoms with E-state index < -0.39 is 0 Å². The lowest BCUT2D eigenvalue weighted by molar-refractivity contribution is 1.26. The second-order valence-electron chi connectivity index (χ2n) is 9.95. The lowest BCUT2D eigenvalue weighted by Gasteiger charge is -2.40. The quantitative estimate of drug-likeness (QED) is 0.233. The second-order valence-corrected chi connectivity index (χ2v) is 11.0. The molecule has 0 bridgehead atoms. The van der Waals surface area contributed by atoms with Crippen molar-refractivity contribution in [3.8, 4) is 22.5 Å². The molecule has 0 amide bonds. The molecule has 0 atom stereocenters. The van der Waals surface area contributed by atoms with Crippen LogP contribution in [0.5, 0.6) is 0 Å². The molecule has 8 rings (SSSR count). The molecule has 0 saturated carbocycles. The van der Waals surface area contributed by atoms with Gasteiger partial charge in [-0.25, -0.2) is 4.98 Å². The van der Waals surface area contributed by atoms with E-state index in [9.17, 15) is 0 Å². The summed E-state index contributed by atoms with van der Waals surface area (Å²) < 4.78 is 0. The largest absolute Gasteiger partial charge is 0.311 e. The fourth-order valence-electron chi connectivity index (χ4n) is 6.07. The Bertz CT molecular complexity index is 1850. The van der Waals surface area contributed by atoms with E-state index in [0.717, 1.165) is 17.0 Å². The van der Waals surface area contributed by atoms with Gasteiger partial charge in [-0.15, -0.1) is 0 Å². The van der Waals surface area contributed by atoms with Crippen molar-refractivity contribution in [1.82, 2.24) is 4.98 Å². The Balaban J connectivity index is 1.33. The molecule has 0 radical (unpaired) electrons. The van der Waals surface area contributed by atoms with Crippen LogP contribution in [0.15, 0.2) is 149 Å². The van der Waals surface area contributed by atoms with Crippen molar-refractivity contribution in [3.05, 3.63) is 140 Å². The van der Waals surface area contributed by atoms with E-state index in [1.807, 2.05) is 17.8 Å². The summed E-state index contributed by atoms with van der Waals surface area (Å²) >= 11 is 1.88. The molecule has 6 aromatic rings. The third kappa shape index (κ3) is 3.56. The minimum atomic E-state index is 0.167. The maximum atomic E-state index is 5.13. The van der Waals surface area contributed by atoms with Crippen molar-refractivity contribution < 1.29 is 0 Å². The van der Waals surface area contributed by atoms with E-state index in [4.69, 9.17) is 4.98 Å². The summed E-state index contributed by atoms with van der Waals surface area (Å²) in [6.07, 6.45) is 0. The predicted molar refractivity (Wildman–Crippen MR) is 165 cm³/mol. The Hall–Kier alpha value is -4.54. The van der Waals surface area contributed by atoms with E-state index in [1.165, 1.54) is 48.8 Å². The molecule has 3 heterocycles. The van der Waals surface area contributed by atoms with Crippen LogP contribution in [0.25, 0.3) is 22.5 Å². The summed E-state index contributed by atoms with van der Waals surface area (Å²) in [5, 5.41) is 0. The highest BCUT2D eigenvalue weighted by molar-refractivity contribution is 8.00. The van der Waals surface area contributed by atoms with Gasteiger partial charge in [-0.05, 0) is 53.4 Å². The Morgan fingerprint density at radius 1 is 0.538 bits per heavy atom. The molecule has 0 saturated heterocycles. The molecule has 4 heteroatoms. The molecular formula is C35H23BN2S. The standard InChI is InChI=1S/C35H23BN2S/c1-3-12-24(13-4-1)29-19-10-20-30(37-29)26-16-9-18-28-35(26)39-33-23-11-22-32-34(33)36(28)27-17-7-8-21-31(27)38(32)25-14-5-2-6-15-25/h1-23H. The number of pyridine rings is 1. The van der Waals surface area contributed by atoms with Gasteiger partial charge in [-0.2, -0.15) is 0 Å². The molecule has 182 valence electrons. The first-order valence-electron chi connectivity index (χ1n) is 13.3. The summed E-state index contributed by atoms with van der Waals surface area (Å²) in [4.78, 5) is 10.2. The van der Waals surface area contributed by atoms with Crippen LogP contribution in [0.1, 0.15) is 0 Å².